The van der Waals surface area contributed by atoms with Crippen LogP contribution >= 0.6 is 0 Å². The Hall–Kier alpha value is -2.09. The van der Waals surface area contributed by atoms with Gasteiger partial charge in [0.25, 0.3) is 5.91 Å². The Balaban J connectivity index is 2.64. The van der Waals surface area contributed by atoms with Gasteiger partial charge >= 0.3 is 6.09 Å². The minimum absolute atomic E-state index is 0.0930. The molecule has 112 valence electrons. The van der Waals surface area contributed by atoms with Crippen molar-refractivity contribution in [3.63, 3.8) is 0 Å². The Morgan fingerprint density at radius 3 is 2.65 bits per heavy atom. The summed E-state index contributed by atoms with van der Waals surface area (Å²) >= 11 is 0. The van der Waals surface area contributed by atoms with Gasteiger partial charge in [0.05, 0.1) is 44.7 Å². The van der Waals surface area contributed by atoms with Gasteiger partial charge in [0.15, 0.2) is 0 Å². The van der Waals surface area contributed by atoms with Crippen LogP contribution in [-0.4, -0.2) is 61.2 Å². The molecule has 1 heterocycles. The number of allylic oxidation sites excluding steroid dienone is 1. The van der Waals surface area contributed by atoms with Crippen LogP contribution in [0.3, 0.4) is 0 Å². The predicted octanol–water partition coefficient (Wildman–Crippen LogP) is 0.409. The van der Waals surface area contributed by atoms with E-state index in [1.165, 1.54) is 13.1 Å². The molecular weight excluding hydrogens is 266 g/mol. The zero-order valence-corrected chi connectivity index (χ0v) is 11.6. The van der Waals surface area contributed by atoms with Crippen LogP contribution in [0.2, 0.25) is 0 Å². The van der Waals surface area contributed by atoms with Crippen LogP contribution in [0.15, 0.2) is 16.4 Å². The molecule has 0 radical (unpaired) electrons. The largest absolute Gasteiger partial charge is 0.512 e. The van der Waals surface area contributed by atoms with E-state index in [-0.39, 0.29) is 17.9 Å². The fourth-order valence-corrected chi connectivity index (χ4v) is 1.45. The highest BCUT2D eigenvalue weighted by atomic mass is 16.5. The number of alkyl carbamates (subject to hydrolysis) is 1. The molecular formula is C12H19N3O5. The van der Waals surface area contributed by atoms with Crippen molar-refractivity contribution in [1.29, 1.82) is 0 Å². The Kier molecular flexibility index (Phi) is 6.51. The molecule has 0 aromatic carbocycles. The van der Waals surface area contributed by atoms with Gasteiger partial charge in [-0.15, -0.1) is 0 Å². The number of morpholine rings is 1. The minimum Gasteiger partial charge on any atom is -0.512 e. The molecule has 0 aromatic rings. The Morgan fingerprint density at radius 2 is 2.10 bits per heavy atom. The van der Waals surface area contributed by atoms with E-state index in [2.05, 4.69) is 9.84 Å². The Labute approximate surface area is 117 Å². The summed E-state index contributed by atoms with van der Waals surface area (Å²) in [4.78, 5) is 22.9. The first-order chi connectivity index (χ1) is 9.54. The molecule has 0 spiro atoms. The molecule has 0 atom stereocenters. The zero-order valence-electron chi connectivity index (χ0n) is 11.6. The first kappa shape index (κ1) is 16.0. The number of nitrogens with one attached hydrogen (secondary N) is 1. The van der Waals surface area contributed by atoms with Gasteiger partial charge in [0, 0.05) is 0 Å². The van der Waals surface area contributed by atoms with Crippen molar-refractivity contribution in [2.45, 2.75) is 13.8 Å². The number of nitrogens with zero attached hydrogens (tertiary/aromatic N) is 2. The van der Waals surface area contributed by atoms with Crippen molar-refractivity contribution in [2.24, 2.45) is 5.10 Å². The summed E-state index contributed by atoms with van der Waals surface area (Å²) in [7, 11) is 0. The van der Waals surface area contributed by atoms with Gasteiger partial charge in [-0.2, -0.15) is 5.10 Å². The number of hydrazone groups is 1. The fourth-order valence-electron chi connectivity index (χ4n) is 1.45. The van der Waals surface area contributed by atoms with E-state index in [9.17, 15) is 14.7 Å². The summed E-state index contributed by atoms with van der Waals surface area (Å²) in [6.45, 7) is 5.44. The molecule has 0 bridgehead atoms. The highest BCUT2D eigenvalue weighted by molar-refractivity contribution is 6.16. The van der Waals surface area contributed by atoms with Crippen LogP contribution in [0.4, 0.5) is 4.79 Å². The number of aliphatic hydroxyl groups is 1. The van der Waals surface area contributed by atoms with Crippen LogP contribution in [0.5, 0.6) is 0 Å². The zero-order chi connectivity index (χ0) is 15.0. The van der Waals surface area contributed by atoms with Crippen molar-refractivity contribution >= 4 is 18.2 Å². The molecule has 1 aliphatic rings. The number of ether oxygens (including phenoxy) is 2. The van der Waals surface area contributed by atoms with Crippen LogP contribution in [0.1, 0.15) is 13.8 Å². The lowest BCUT2D eigenvalue weighted by molar-refractivity contribution is -0.116. The molecule has 0 saturated carbocycles. The topological polar surface area (TPSA) is 100 Å². The second-order valence-corrected chi connectivity index (χ2v) is 3.98. The van der Waals surface area contributed by atoms with E-state index in [4.69, 9.17) is 4.74 Å². The average molecular weight is 285 g/mol. The third-order valence-electron chi connectivity index (χ3n) is 2.46. The highest BCUT2D eigenvalue weighted by Crippen LogP contribution is 2.02. The van der Waals surface area contributed by atoms with Crippen molar-refractivity contribution in [2.75, 3.05) is 32.9 Å². The number of carbonyl (C=O) groups excluding carboxylic acids is 2. The molecule has 2 N–H and O–H groups in total. The van der Waals surface area contributed by atoms with Gasteiger partial charge < -0.3 is 14.6 Å². The van der Waals surface area contributed by atoms with Gasteiger partial charge in [0.1, 0.15) is 5.76 Å². The van der Waals surface area contributed by atoms with Crippen LogP contribution in [-0.2, 0) is 14.3 Å². The van der Waals surface area contributed by atoms with Gasteiger partial charge in [-0.3, -0.25) is 15.1 Å². The van der Waals surface area contributed by atoms with E-state index >= 15 is 0 Å². The molecule has 1 fully saturated rings. The summed E-state index contributed by atoms with van der Waals surface area (Å²) in [5.74, 6) is -0.996. The standard InChI is InChI=1S/C12H19N3O5/c1-3-20-12(18)14-11(17)10(9(2)16)8-13-15-4-6-19-7-5-15/h8,16H,3-7H2,1-2H3,(H,14,17,18)/b10-9-,13-8+. The molecule has 8 nitrogen and oxygen atoms in total. The molecule has 1 aliphatic heterocycles. The number of amides is 2. The monoisotopic (exact) mass is 285 g/mol. The smallest absolute Gasteiger partial charge is 0.414 e. The van der Waals surface area contributed by atoms with Crippen molar-refractivity contribution in [3.8, 4) is 0 Å². The maximum absolute atomic E-state index is 11.8. The number of hydrogen-bond donors (Lipinski definition) is 2. The quantitative estimate of drug-likeness (QED) is 0.441. The molecule has 0 unspecified atom stereocenters. The fraction of sp³-hybridized carbons (Fsp3) is 0.583. The molecule has 20 heavy (non-hydrogen) atoms. The van der Waals surface area contributed by atoms with Crippen LogP contribution in [0.25, 0.3) is 0 Å². The predicted molar refractivity (Wildman–Crippen MR) is 71.4 cm³/mol. The molecule has 0 aliphatic carbocycles. The molecule has 1 rings (SSSR count). The maximum Gasteiger partial charge on any atom is 0.414 e. The second-order valence-electron chi connectivity index (χ2n) is 3.98. The van der Waals surface area contributed by atoms with E-state index in [1.807, 2.05) is 5.32 Å². The molecule has 8 heteroatoms. The molecule has 0 aromatic heterocycles. The van der Waals surface area contributed by atoms with Crippen molar-refractivity contribution in [1.82, 2.24) is 10.3 Å². The summed E-state index contributed by atoms with van der Waals surface area (Å²) in [5, 5.41) is 17.3. The lowest BCUT2D eigenvalue weighted by atomic mass is 10.2. The third-order valence-corrected chi connectivity index (χ3v) is 2.46. The number of aliphatic hydroxyl groups excluding tert-OH is 1. The Bertz CT molecular complexity index is 409. The van der Waals surface area contributed by atoms with Crippen molar-refractivity contribution in [3.05, 3.63) is 11.3 Å². The number of rotatable bonds is 4. The lowest BCUT2D eigenvalue weighted by Crippen LogP contribution is -2.34. The van der Waals surface area contributed by atoms with Gasteiger partial charge in [0.2, 0.25) is 0 Å². The van der Waals surface area contributed by atoms with Crippen LogP contribution < -0.4 is 5.32 Å². The van der Waals surface area contributed by atoms with Gasteiger partial charge in [-0.25, -0.2) is 4.79 Å². The van der Waals surface area contributed by atoms with E-state index in [0.717, 1.165) is 0 Å². The van der Waals surface area contributed by atoms with Gasteiger partial charge in [-0.05, 0) is 13.8 Å². The van der Waals surface area contributed by atoms with Crippen molar-refractivity contribution < 1.29 is 24.2 Å². The van der Waals surface area contributed by atoms with E-state index in [0.29, 0.717) is 26.3 Å². The normalized spacial score (nSPS) is 16.8. The molecule has 1 saturated heterocycles. The summed E-state index contributed by atoms with van der Waals surface area (Å²) in [6, 6.07) is 0. The molecule has 2 amide bonds. The second kappa shape index (κ2) is 8.16. The number of carbonyl (C=O) groups is 2. The maximum atomic E-state index is 11.8. The third kappa shape index (κ3) is 5.27. The minimum atomic E-state index is -0.865. The average Bonchev–Trinajstić information content (AvgIpc) is 2.39. The summed E-state index contributed by atoms with van der Waals surface area (Å²) in [6.07, 6.45) is 0.353. The first-order valence-electron chi connectivity index (χ1n) is 6.29. The van der Waals surface area contributed by atoms with Crippen LogP contribution in [0, 0.1) is 0 Å². The number of imide groups is 1. The summed E-state index contributed by atoms with van der Waals surface area (Å²) < 4.78 is 9.75. The van der Waals surface area contributed by atoms with Gasteiger partial charge in [-0.1, -0.05) is 0 Å². The van der Waals surface area contributed by atoms with E-state index < -0.39 is 12.0 Å². The summed E-state index contributed by atoms with van der Waals surface area (Å²) in [5.41, 5.74) is -0.0930. The Morgan fingerprint density at radius 1 is 1.45 bits per heavy atom. The van der Waals surface area contributed by atoms with E-state index in [1.54, 1.807) is 11.9 Å². The first-order valence-corrected chi connectivity index (χ1v) is 6.29. The number of hydrogen-bond acceptors (Lipinski definition) is 7. The highest BCUT2D eigenvalue weighted by Gasteiger charge is 2.16. The lowest BCUT2D eigenvalue weighted by Gasteiger charge is -2.23. The SMILES string of the molecule is CCOC(=O)NC(=O)C(/C=N/N1CCOCC1)=C(/C)O.